The predicted octanol–water partition coefficient (Wildman–Crippen LogP) is 1.66. The van der Waals surface area contributed by atoms with Gasteiger partial charge in [0.2, 0.25) is 5.91 Å². The molecular weight excluding hydrogens is 396 g/mol. The van der Waals surface area contributed by atoms with Gasteiger partial charge in [-0.25, -0.2) is 8.42 Å². The molecule has 0 atom stereocenters. The Balaban J connectivity index is 1.52. The maximum atomic E-state index is 12.6. The quantitative estimate of drug-likeness (QED) is 0.787. The van der Waals surface area contributed by atoms with E-state index in [1.54, 1.807) is 6.07 Å². The number of piperazine rings is 1. The Morgan fingerprint density at radius 2 is 1.92 bits per heavy atom. The fourth-order valence-electron chi connectivity index (χ4n) is 3.44. The molecule has 2 heterocycles. The molecule has 1 aromatic rings. The van der Waals surface area contributed by atoms with Gasteiger partial charge in [-0.15, -0.1) is 11.3 Å². The standard InChI is InChI=1S/C16H21ClN4O3S2/c17-13-3-4-15(25-13)26(23,24)21-9-7-20(8-10-21)11-14(22)19-16(12-18)5-1-2-6-16/h3-4H,1-2,5-11H2,(H,19,22). The lowest BCUT2D eigenvalue weighted by molar-refractivity contribution is -0.123. The van der Waals surface area contributed by atoms with E-state index in [1.807, 2.05) is 4.90 Å². The van der Waals surface area contributed by atoms with Crippen LogP contribution in [0.25, 0.3) is 0 Å². The van der Waals surface area contributed by atoms with Crippen LogP contribution >= 0.6 is 22.9 Å². The lowest BCUT2D eigenvalue weighted by atomic mass is 10.00. The Morgan fingerprint density at radius 3 is 2.46 bits per heavy atom. The number of sulfonamides is 1. The predicted molar refractivity (Wildman–Crippen MR) is 99.5 cm³/mol. The summed E-state index contributed by atoms with van der Waals surface area (Å²) in [6.07, 6.45) is 3.31. The second-order valence-electron chi connectivity index (χ2n) is 6.69. The van der Waals surface area contributed by atoms with E-state index in [0.29, 0.717) is 43.4 Å². The van der Waals surface area contributed by atoms with E-state index in [1.165, 1.54) is 10.4 Å². The third-order valence-electron chi connectivity index (χ3n) is 4.89. The molecule has 0 unspecified atom stereocenters. The molecule has 1 aliphatic carbocycles. The van der Waals surface area contributed by atoms with Crippen LogP contribution in [0.3, 0.4) is 0 Å². The average molecular weight is 417 g/mol. The fraction of sp³-hybridized carbons (Fsp3) is 0.625. The highest BCUT2D eigenvalue weighted by Gasteiger charge is 2.36. The number of carbonyl (C=O) groups excluding carboxylic acids is 1. The van der Waals surface area contributed by atoms with Crippen molar-refractivity contribution < 1.29 is 13.2 Å². The topological polar surface area (TPSA) is 93.5 Å². The van der Waals surface area contributed by atoms with E-state index >= 15 is 0 Å². The van der Waals surface area contributed by atoms with Gasteiger partial charge in [0.1, 0.15) is 9.75 Å². The van der Waals surface area contributed by atoms with E-state index < -0.39 is 15.6 Å². The molecule has 0 aromatic carbocycles. The van der Waals surface area contributed by atoms with Gasteiger partial charge in [0.25, 0.3) is 10.0 Å². The van der Waals surface area contributed by atoms with Crippen molar-refractivity contribution in [3.05, 3.63) is 16.5 Å². The molecular formula is C16H21ClN4O3S2. The lowest BCUT2D eigenvalue weighted by Crippen LogP contribution is -2.53. The summed E-state index contributed by atoms with van der Waals surface area (Å²) in [4.78, 5) is 14.2. The molecule has 1 aromatic heterocycles. The number of hydrogen-bond acceptors (Lipinski definition) is 6. The first-order chi connectivity index (χ1) is 12.3. The molecule has 0 radical (unpaired) electrons. The van der Waals surface area contributed by atoms with E-state index in [0.717, 1.165) is 24.2 Å². The molecule has 1 saturated carbocycles. The number of nitrogens with one attached hydrogen (secondary N) is 1. The first kappa shape index (κ1) is 19.6. The first-order valence-corrected chi connectivity index (χ1v) is 11.2. The van der Waals surface area contributed by atoms with Gasteiger partial charge < -0.3 is 5.32 Å². The monoisotopic (exact) mass is 416 g/mol. The van der Waals surface area contributed by atoms with Gasteiger partial charge in [0, 0.05) is 26.2 Å². The normalized spacial score (nSPS) is 21.4. The molecule has 2 fully saturated rings. The van der Waals surface area contributed by atoms with E-state index in [4.69, 9.17) is 11.6 Å². The number of amides is 1. The van der Waals surface area contributed by atoms with Crippen LogP contribution in [0.5, 0.6) is 0 Å². The van der Waals surface area contributed by atoms with Gasteiger partial charge in [0.05, 0.1) is 17.0 Å². The lowest BCUT2D eigenvalue weighted by Gasteiger charge is -2.33. The molecule has 2 aliphatic rings. The molecule has 7 nitrogen and oxygen atoms in total. The number of thiophene rings is 1. The summed E-state index contributed by atoms with van der Waals surface area (Å²) in [7, 11) is -3.53. The van der Waals surface area contributed by atoms with Crippen LogP contribution in [0.4, 0.5) is 0 Å². The summed E-state index contributed by atoms with van der Waals surface area (Å²) in [5, 5.41) is 12.2. The summed E-state index contributed by atoms with van der Waals surface area (Å²) < 4.78 is 27.3. The Kier molecular flexibility index (Phi) is 5.89. The minimum absolute atomic E-state index is 0.171. The van der Waals surface area contributed by atoms with Crippen LogP contribution in [0.15, 0.2) is 16.3 Å². The average Bonchev–Trinajstić information content (AvgIpc) is 3.25. The highest BCUT2D eigenvalue weighted by Crippen LogP contribution is 2.29. The Labute approximate surface area is 162 Å². The van der Waals surface area contributed by atoms with Crippen LogP contribution in [0, 0.1) is 11.3 Å². The number of rotatable bonds is 5. The van der Waals surface area contributed by atoms with Crippen LogP contribution in [-0.2, 0) is 14.8 Å². The summed E-state index contributed by atoms with van der Waals surface area (Å²) in [5.41, 5.74) is -0.722. The Bertz CT molecular complexity index is 804. The van der Waals surface area contributed by atoms with Crippen molar-refractivity contribution in [3.63, 3.8) is 0 Å². The minimum atomic E-state index is -3.53. The molecule has 1 amide bonds. The molecule has 1 aliphatic heterocycles. The molecule has 1 saturated heterocycles. The highest BCUT2D eigenvalue weighted by molar-refractivity contribution is 7.91. The number of nitriles is 1. The van der Waals surface area contributed by atoms with Crippen LogP contribution in [0.1, 0.15) is 25.7 Å². The maximum Gasteiger partial charge on any atom is 0.252 e. The van der Waals surface area contributed by atoms with E-state index in [2.05, 4.69) is 11.4 Å². The SMILES string of the molecule is N#CC1(NC(=O)CN2CCN(S(=O)(=O)c3ccc(Cl)s3)CC2)CCCC1. The summed E-state index contributed by atoms with van der Waals surface area (Å²) >= 11 is 6.89. The number of halogens is 1. The van der Waals surface area contributed by atoms with Crippen molar-refractivity contribution in [2.24, 2.45) is 0 Å². The second-order valence-corrected chi connectivity index (χ2v) is 10.6. The van der Waals surface area contributed by atoms with Crippen molar-refractivity contribution >= 4 is 38.9 Å². The van der Waals surface area contributed by atoms with E-state index in [-0.39, 0.29) is 16.7 Å². The Hall–Kier alpha value is -1.18. The van der Waals surface area contributed by atoms with Crippen molar-refractivity contribution in [1.82, 2.24) is 14.5 Å². The molecule has 1 N–H and O–H groups in total. The Morgan fingerprint density at radius 1 is 1.27 bits per heavy atom. The largest absolute Gasteiger partial charge is 0.337 e. The molecule has 0 bridgehead atoms. The zero-order chi connectivity index (χ0) is 18.8. The third kappa shape index (κ3) is 4.21. The van der Waals surface area contributed by atoms with Gasteiger partial charge in [-0.05, 0) is 37.8 Å². The van der Waals surface area contributed by atoms with Crippen molar-refractivity contribution in [3.8, 4) is 6.07 Å². The highest BCUT2D eigenvalue weighted by atomic mass is 35.5. The van der Waals surface area contributed by atoms with Crippen LogP contribution in [0.2, 0.25) is 4.34 Å². The van der Waals surface area contributed by atoms with Gasteiger partial charge in [-0.2, -0.15) is 9.57 Å². The van der Waals surface area contributed by atoms with Crippen molar-refractivity contribution in [2.45, 2.75) is 35.4 Å². The summed E-state index contributed by atoms with van der Waals surface area (Å²) in [5.74, 6) is -0.171. The molecule has 3 rings (SSSR count). The van der Waals surface area contributed by atoms with Crippen LogP contribution in [-0.4, -0.2) is 61.8 Å². The van der Waals surface area contributed by atoms with Gasteiger partial charge >= 0.3 is 0 Å². The third-order valence-corrected chi connectivity index (χ3v) is 8.49. The van der Waals surface area contributed by atoms with Crippen molar-refractivity contribution in [2.75, 3.05) is 32.7 Å². The molecule has 0 spiro atoms. The van der Waals surface area contributed by atoms with Gasteiger partial charge in [0.15, 0.2) is 0 Å². The first-order valence-electron chi connectivity index (χ1n) is 8.55. The molecule has 10 heteroatoms. The number of nitrogens with zero attached hydrogens (tertiary/aromatic N) is 3. The van der Waals surface area contributed by atoms with Crippen molar-refractivity contribution in [1.29, 1.82) is 5.26 Å². The van der Waals surface area contributed by atoms with Gasteiger partial charge in [-0.1, -0.05) is 11.6 Å². The zero-order valence-corrected chi connectivity index (χ0v) is 16.7. The summed E-state index contributed by atoms with van der Waals surface area (Å²) in [6, 6.07) is 5.34. The fourth-order valence-corrected chi connectivity index (χ4v) is 6.50. The molecule has 142 valence electrons. The maximum absolute atomic E-state index is 12.6. The van der Waals surface area contributed by atoms with Crippen LogP contribution < -0.4 is 5.32 Å². The smallest absolute Gasteiger partial charge is 0.252 e. The minimum Gasteiger partial charge on any atom is -0.337 e. The van der Waals surface area contributed by atoms with Gasteiger partial charge in [-0.3, -0.25) is 9.69 Å². The second kappa shape index (κ2) is 7.82. The summed E-state index contributed by atoms with van der Waals surface area (Å²) in [6.45, 7) is 1.79. The molecule has 26 heavy (non-hydrogen) atoms. The van der Waals surface area contributed by atoms with E-state index in [9.17, 15) is 18.5 Å². The zero-order valence-electron chi connectivity index (χ0n) is 14.3. The number of carbonyl (C=O) groups is 1. The number of hydrogen-bond donors (Lipinski definition) is 1.